The predicted molar refractivity (Wildman–Crippen MR) is 78.4 cm³/mol. The zero-order chi connectivity index (χ0) is 13.8. The van der Waals surface area contributed by atoms with Crippen LogP contribution >= 0.6 is 27.5 Å². The van der Waals surface area contributed by atoms with Gasteiger partial charge in [-0.15, -0.1) is 0 Å². The summed E-state index contributed by atoms with van der Waals surface area (Å²) in [5.41, 5.74) is 1.10. The summed E-state index contributed by atoms with van der Waals surface area (Å²) in [6.07, 6.45) is 0.567. The number of carbonyl (C=O) groups is 1. The van der Waals surface area contributed by atoms with Crippen LogP contribution in [0, 0.1) is 0 Å². The highest BCUT2D eigenvalue weighted by molar-refractivity contribution is 9.10. The van der Waals surface area contributed by atoms with Gasteiger partial charge in [-0.25, -0.2) is 4.79 Å². The van der Waals surface area contributed by atoms with Gasteiger partial charge in [0.25, 0.3) is 0 Å². The van der Waals surface area contributed by atoms with Crippen LogP contribution in [-0.4, -0.2) is 37.2 Å². The van der Waals surface area contributed by atoms with Crippen LogP contribution in [0.4, 0.5) is 4.79 Å². The molecule has 0 bridgehead atoms. The molecule has 1 amide bonds. The molecule has 0 saturated carbocycles. The monoisotopic (exact) mass is 346 g/mol. The number of halogens is 2. The molecule has 0 aliphatic carbocycles. The fourth-order valence-corrected chi connectivity index (χ4v) is 2.94. The third-order valence-electron chi connectivity index (χ3n) is 3.19. The van der Waals surface area contributed by atoms with E-state index in [4.69, 9.17) is 11.6 Å². The van der Waals surface area contributed by atoms with Gasteiger partial charge in [0.05, 0.1) is 7.11 Å². The van der Waals surface area contributed by atoms with Crippen LogP contribution < -0.4 is 5.32 Å². The first kappa shape index (κ1) is 14.6. The molecule has 1 atom stereocenters. The van der Waals surface area contributed by atoms with E-state index in [0.29, 0.717) is 0 Å². The molecule has 1 fully saturated rings. The molecule has 1 N–H and O–H groups in total. The maximum absolute atomic E-state index is 11.1. The number of carbonyl (C=O) groups excluding carboxylic acids is 1. The minimum atomic E-state index is -0.367. The highest BCUT2D eigenvalue weighted by atomic mass is 79.9. The second kappa shape index (κ2) is 6.59. The van der Waals surface area contributed by atoms with Gasteiger partial charge in [-0.1, -0.05) is 33.6 Å². The van der Waals surface area contributed by atoms with E-state index in [1.165, 1.54) is 7.11 Å². The number of methoxy groups -OCH3 is 1. The molecule has 2 rings (SSSR count). The molecular weight excluding hydrogens is 332 g/mol. The molecule has 1 heterocycles. The topological polar surface area (TPSA) is 41.6 Å². The van der Waals surface area contributed by atoms with Crippen molar-refractivity contribution in [3.8, 4) is 0 Å². The minimum absolute atomic E-state index is 0.154. The van der Waals surface area contributed by atoms with E-state index in [2.05, 4.69) is 30.9 Å². The lowest BCUT2D eigenvalue weighted by Crippen LogP contribution is -2.36. The Balaban J connectivity index is 1.89. The summed E-state index contributed by atoms with van der Waals surface area (Å²) >= 11 is 9.60. The summed E-state index contributed by atoms with van der Waals surface area (Å²) in [7, 11) is 1.38. The molecule has 4 nitrogen and oxygen atoms in total. The number of amides is 1. The van der Waals surface area contributed by atoms with Crippen LogP contribution in [-0.2, 0) is 11.3 Å². The Morgan fingerprint density at radius 3 is 3.11 bits per heavy atom. The second-order valence-electron chi connectivity index (χ2n) is 4.59. The SMILES string of the molecule is COC(=O)NC1CCN(Cc2ccc(Br)cc2Cl)C1. The number of hydrogen-bond donors (Lipinski definition) is 1. The second-order valence-corrected chi connectivity index (χ2v) is 5.92. The lowest BCUT2D eigenvalue weighted by atomic mass is 10.2. The fourth-order valence-electron chi connectivity index (χ4n) is 2.21. The summed E-state index contributed by atoms with van der Waals surface area (Å²) in [5.74, 6) is 0. The maximum Gasteiger partial charge on any atom is 0.407 e. The van der Waals surface area contributed by atoms with Crippen LogP contribution in [0.5, 0.6) is 0 Å². The number of ether oxygens (including phenoxy) is 1. The molecule has 1 aromatic rings. The zero-order valence-corrected chi connectivity index (χ0v) is 13.0. The van der Waals surface area contributed by atoms with Crippen molar-refractivity contribution in [2.75, 3.05) is 20.2 Å². The van der Waals surface area contributed by atoms with E-state index in [9.17, 15) is 4.79 Å². The van der Waals surface area contributed by atoms with Gasteiger partial charge >= 0.3 is 6.09 Å². The number of rotatable bonds is 3. The van der Waals surface area contributed by atoms with Crippen LogP contribution in [0.1, 0.15) is 12.0 Å². The molecule has 19 heavy (non-hydrogen) atoms. The standard InChI is InChI=1S/C13H16BrClN2O2/c1-19-13(18)16-11-4-5-17(8-11)7-9-2-3-10(14)6-12(9)15/h2-3,6,11H,4-5,7-8H2,1H3,(H,16,18). The summed E-state index contributed by atoms with van der Waals surface area (Å²) in [6.45, 7) is 2.56. The third-order valence-corrected chi connectivity index (χ3v) is 4.03. The van der Waals surface area contributed by atoms with Gasteiger partial charge in [-0.3, -0.25) is 4.90 Å². The largest absolute Gasteiger partial charge is 0.453 e. The van der Waals surface area contributed by atoms with Gasteiger partial charge in [0.15, 0.2) is 0 Å². The summed E-state index contributed by atoms with van der Waals surface area (Å²) < 4.78 is 5.58. The normalized spacial score (nSPS) is 19.4. The number of nitrogens with one attached hydrogen (secondary N) is 1. The quantitative estimate of drug-likeness (QED) is 0.914. The Morgan fingerprint density at radius 2 is 2.42 bits per heavy atom. The molecular formula is C13H16BrClN2O2. The summed E-state index contributed by atoms with van der Waals surface area (Å²) in [4.78, 5) is 13.4. The molecule has 0 radical (unpaired) electrons. The molecule has 6 heteroatoms. The lowest BCUT2D eigenvalue weighted by molar-refractivity contribution is 0.166. The van der Waals surface area contributed by atoms with Crippen molar-refractivity contribution in [1.29, 1.82) is 0 Å². The highest BCUT2D eigenvalue weighted by Crippen LogP contribution is 2.24. The van der Waals surface area contributed by atoms with Crippen LogP contribution in [0.15, 0.2) is 22.7 Å². The van der Waals surface area contributed by atoms with Crippen LogP contribution in [0.3, 0.4) is 0 Å². The maximum atomic E-state index is 11.1. The van der Waals surface area contributed by atoms with Gasteiger partial charge in [0, 0.05) is 35.2 Å². The van der Waals surface area contributed by atoms with Gasteiger partial charge in [-0.05, 0) is 24.1 Å². The van der Waals surface area contributed by atoms with E-state index in [1.807, 2.05) is 18.2 Å². The Bertz CT molecular complexity index is 470. The molecule has 1 aliphatic rings. The predicted octanol–water partition coefficient (Wildman–Crippen LogP) is 3.03. The molecule has 0 aromatic heterocycles. The van der Waals surface area contributed by atoms with E-state index in [1.54, 1.807) is 0 Å². The number of nitrogens with zero attached hydrogens (tertiary/aromatic N) is 1. The van der Waals surface area contributed by atoms with E-state index < -0.39 is 0 Å². The van der Waals surface area contributed by atoms with Crippen molar-refractivity contribution in [2.24, 2.45) is 0 Å². The Hall–Kier alpha value is -0.780. The zero-order valence-electron chi connectivity index (χ0n) is 10.7. The van der Waals surface area contributed by atoms with Crippen molar-refractivity contribution in [3.05, 3.63) is 33.3 Å². The minimum Gasteiger partial charge on any atom is -0.453 e. The highest BCUT2D eigenvalue weighted by Gasteiger charge is 2.24. The van der Waals surface area contributed by atoms with Crippen LogP contribution in [0.25, 0.3) is 0 Å². The van der Waals surface area contributed by atoms with E-state index >= 15 is 0 Å². The third kappa shape index (κ3) is 4.09. The molecule has 1 unspecified atom stereocenters. The Labute approximate surface area is 126 Å². The number of benzene rings is 1. The van der Waals surface area contributed by atoms with Gasteiger partial charge in [-0.2, -0.15) is 0 Å². The van der Waals surface area contributed by atoms with Crippen molar-refractivity contribution >= 4 is 33.6 Å². The van der Waals surface area contributed by atoms with Crippen molar-refractivity contribution < 1.29 is 9.53 Å². The van der Waals surface area contributed by atoms with Gasteiger partial charge in [0.1, 0.15) is 0 Å². The van der Waals surface area contributed by atoms with Crippen LogP contribution in [0.2, 0.25) is 5.02 Å². The van der Waals surface area contributed by atoms with E-state index in [-0.39, 0.29) is 12.1 Å². The average molecular weight is 348 g/mol. The first-order chi connectivity index (χ1) is 9.08. The molecule has 104 valence electrons. The van der Waals surface area contributed by atoms with Gasteiger partial charge < -0.3 is 10.1 Å². The molecule has 1 aromatic carbocycles. The molecule has 1 aliphatic heterocycles. The smallest absolute Gasteiger partial charge is 0.407 e. The first-order valence-electron chi connectivity index (χ1n) is 6.09. The molecule has 1 saturated heterocycles. The van der Waals surface area contributed by atoms with Crippen molar-refractivity contribution in [3.63, 3.8) is 0 Å². The Morgan fingerprint density at radius 1 is 1.63 bits per heavy atom. The summed E-state index contributed by atoms with van der Waals surface area (Å²) in [6, 6.07) is 6.06. The molecule has 0 spiro atoms. The van der Waals surface area contributed by atoms with Crippen molar-refractivity contribution in [2.45, 2.75) is 19.0 Å². The number of hydrogen-bond acceptors (Lipinski definition) is 3. The average Bonchev–Trinajstić information content (AvgIpc) is 2.80. The van der Waals surface area contributed by atoms with Gasteiger partial charge in [0.2, 0.25) is 0 Å². The fraction of sp³-hybridized carbons (Fsp3) is 0.462. The number of likely N-dealkylation sites (tertiary alicyclic amines) is 1. The first-order valence-corrected chi connectivity index (χ1v) is 7.26. The lowest BCUT2D eigenvalue weighted by Gasteiger charge is -2.17. The number of alkyl carbamates (subject to hydrolysis) is 1. The van der Waals surface area contributed by atoms with Crippen molar-refractivity contribution in [1.82, 2.24) is 10.2 Å². The Kier molecular flexibility index (Phi) is 5.07. The van der Waals surface area contributed by atoms with E-state index in [0.717, 1.165) is 41.1 Å². The summed E-state index contributed by atoms with van der Waals surface area (Å²) in [5, 5.41) is 3.59.